The molecule has 1 saturated heterocycles. The predicted molar refractivity (Wildman–Crippen MR) is 104 cm³/mol. The summed E-state index contributed by atoms with van der Waals surface area (Å²) < 4.78 is 27.0. The number of primary amides is 1. The molecule has 27 heavy (non-hydrogen) atoms. The number of carbonyl (C=O) groups excluding carboxylic acids is 1. The second-order valence-corrected chi connectivity index (χ2v) is 8.90. The van der Waals surface area contributed by atoms with Crippen molar-refractivity contribution in [3.05, 3.63) is 52.7 Å². The van der Waals surface area contributed by atoms with E-state index in [1.807, 2.05) is 6.92 Å². The summed E-state index contributed by atoms with van der Waals surface area (Å²) in [4.78, 5) is 15.6. The molecule has 0 spiro atoms. The number of piperidine rings is 1. The van der Waals surface area contributed by atoms with E-state index in [4.69, 9.17) is 17.3 Å². The zero-order valence-electron chi connectivity index (χ0n) is 14.9. The summed E-state index contributed by atoms with van der Waals surface area (Å²) in [6.07, 6.45) is 2.62. The number of sulfonamides is 1. The van der Waals surface area contributed by atoms with Crippen molar-refractivity contribution >= 4 is 33.3 Å². The normalized spacial score (nSPS) is 16.2. The zero-order valence-corrected chi connectivity index (χ0v) is 16.4. The molecule has 1 fully saturated rings. The molecular weight excluding hydrogens is 388 g/mol. The lowest BCUT2D eigenvalue weighted by atomic mass is 10.1. The van der Waals surface area contributed by atoms with Gasteiger partial charge >= 0.3 is 0 Å². The number of anilines is 1. The Morgan fingerprint density at radius 3 is 2.44 bits per heavy atom. The Hall–Kier alpha value is -2.16. The molecule has 0 saturated carbocycles. The average Bonchev–Trinajstić information content (AvgIpc) is 2.64. The van der Waals surface area contributed by atoms with E-state index in [1.165, 1.54) is 16.6 Å². The summed E-state index contributed by atoms with van der Waals surface area (Å²) in [7, 11) is -3.49. The summed E-state index contributed by atoms with van der Waals surface area (Å²) in [5.74, 6) is -0.132. The zero-order chi connectivity index (χ0) is 19.6. The number of nitrogens with one attached hydrogen (secondary N) is 1. The molecule has 1 aliphatic rings. The van der Waals surface area contributed by atoms with Gasteiger partial charge in [0.15, 0.2) is 0 Å². The molecular formula is C18H21ClN4O3S. The number of rotatable bonds is 5. The molecule has 3 N–H and O–H groups in total. The van der Waals surface area contributed by atoms with Gasteiger partial charge in [0.2, 0.25) is 15.9 Å². The Morgan fingerprint density at radius 2 is 1.89 bits per heavy atom. The van der Waals surface area contributed by atoms with Gasteiger partial charge in [-0.3, -0.25) is 4.79 Å². The van der Waals surface area contributed by atoms with Crippen LogP contribution in [0.4, 0.5) is 5.82 Å². The van der Waals surface area contributed by atoms with Gasteiger partial charge in [0.1, 0.15) is 5.82 Å². The molecule has 0 radical (unpaired) electrons. The van der Waals surface area contributed by atoms with E-state index in [-0.39, 0.29) is 11.6 Å². The molecule has 144 valence electrons. The van der Waals surface area contributed by atoms with E-state index < -0.39 is 15.9 Å². The van der Waals surface area contributed by atoms with Gasteiger partial charge in [-0.1, -0.05) is 29.3 Å². The van der Waals surface area contributed by atoms with E-state index in [9.17, 15) is 13.2 Å². The van der Waals surface area contributed by atoms with Crippen molar-refractivity contribution in [2.45, 2.75) is 30.7 Å². The van der Waals surface area contributed by atoms with E-state index in [0.717, 1.165) is 5.56 Å². The number of nitrogens with zero attached hydrogens (tertiary/aromatic N) is 2. The van der Waals surface area contributed by atoms with Crippen LogP contribution >= 0.6 is 11.6 Å². The van der Waals surface area contributed by atoms with Crippen molar-refractivity contribution in [3.63, 3.8) is 0 Å². The summed E-state index contributed by atoms with van der Waals surface area (Å²) in [5.41, 5.74) is 6.47. The van der Waals surface area contributed by atoms with Crippen LogP contribution in [-0.4, -0.2) is 42.7 Å². The minimum atomic E-state index is -3.49. The molecule has 1 aliphatic heterocycles. The fourth-order valence-corrected chi connectivity index (χ4v) is 4.66. The van der Waals surface area contributed by atoms with Crippen LogP contribution in [0.15, 0.2) is 41.4 Å². The summed E-state index contributed by atoms with van der Waals surface area (Å²) in [6, 6.07) is 8.38. The quantitative estimate of drug-likeness (QED) is 0.790. The minimum Gasteiger partial charge on any atom is -0.366 e. The summed E-state index contributed by atoms with van der Waals surface area (Å²) in [6.45, 7) is 2.73. The highest BCUT2D eigenvalue weighted by atomic mass is 35.5. The number of pyridine rings is 1. The minimum absolute atomic E-state index is 0.0406. The van der Waals surface area contributed by atoms with Crippen LogP contribution in [0.1, 0.15) is 28.8 Å². The Bertz CT molecular complexity index is 940. The smallest absolute Gasteiger partial charge is 0.250 e. The van der Waals surface area contributed by atoms with Crippen LogP contribution in [0.3, 0.4) is 0 Å². The Balaban J connectivity index is 1.64. The third-order valence-corrected chi connectivity index (χ3v) is 6.78. The number of hydrogen-bond donors (Lipinski definition) is 2. The Kier molecular flexibility index (Phi) is 5.69. The van der Waals surface area contributed by atoms with E-state index in [2.05, 4.69) is 10.3 Å². The number of halogens is 1. The summed E-state index contributed by atoms with van der Waals surface area (Å²) >= 11 is 6.15. The third-order valence-electron chi connectivity index (χ3n) is 4.58. The Morgan fingerprint density at radius 1 is 1.26 bits per heavy atom. The lowest BCUT2D eigenvalue weighted by Crippen LogP contribution is -2.42. The lowest BCUT2D eigenvalue weighted by Gasteiger charge is -2.32. The molecule has 1 aromatic carbocycles. The van der Waals surface area contributed by atoms with Crippen molar-refractivity contribution < 1.29 is 13.2 Å². The molecule has 0 aliphatic carbocycles. The number of carbonyl (C=O) groups is 1. The van der Waals surface area contributed by atoms with Crippen LogP contribution in [0, 0.1) is 6.92 Å². The highest BCUT2D eigenvalue weighted by Crippen LogP contribution is 2.25. The van der Waals surface area contributed by atoms with Crippen LogP contribution in [-0.2, 0) is 10.0 Å². The third kappa shape index (κ3) is 4.40. The molecule has 9 heteroatoms. The van der Waals surface area contributed by atoms with Gasteiger partial charge in [0, 0.05) is 25.3 Å². The topological polar surface area (TPSA) is 105 Å². The molecule has 1 aromatic heterocycles. The molecule has 0 bridgehead atoms. The Labute approximate surface area is 163 Å². The fourth-order valence-electron chi connectivity index (χ4n) is 2.97. The number of nitrogens with two attached hydrogens (primary N) is 1. The highest BCUT2D eigenvalue weighted by Gasteiger charge is 2.29. The van der Waals surface area contributed by atoms with Crippen molar-refractivity contribution in [3.8, 4) is 0 Å². The largest absolute Gasteiger partial charge is 0.366 e. The first-order valence-electron chi connectivity index (χ1n) is 8.56. The number of amides is 1. The lowest BCUT2D eigenvalue weighted by molar-refractivity contribution is 0.1000. The van der Waals surface area contributed by atoms with Crippen LogP contribution in [0.5, 0.6) is 0 Å². The fraction of sp³-hybridized carbons (Fsp3) is 0.333. The van der Waals surface area contributed by atoms with E-state index >= 15 is 0 Å². The van der Waals surface area contributed by atoms with Gasteiger partial charge < -0.3 is 11.1 Å². The highest BCUT2D eigenvalue weighted by molar-refractivity contribution is 7.89. The number of aromatic nitrogens is 1. The van der Waals surface area contributed by atoms with Crippen molar-refractivity contribution in [1.82, 2.24) is 9.29 Å². The number of benzene rings is 1. The maximum Gasteiger partial charge on any atom is 0.250 e. The standard InChI is InChI=1S/C18H21ClN4O3S/c1-12-2-4-15(5-3-12)27(25,26)23-8-6-14(7-9-23)22-18-16(19)10-13(11-21-18)17(20)24/h2-5,10-11,14H,6-9H2,1H3,(H2,20,24)(H,21,22). The first-order valence-corrected chi connectivity index (χ1v) is 10.4. The van der Waals surface area contributed by atoms with E-state index in [0.29, 0.717) is 41.7 Å². The molecule has 0 unspecified atom stereocenters. The average molecular weight is 409 g/mol. The second-order valence-electron chi connectivity index (χ2n) is 6.55. The second kappa shape index (κ2) is 7.84. The van der Waals surface area contributed by atoms with Gasteiger partial charge in [-0.15, -0.1) is 0 Å². The van der Waals surface area contributed by atoms with Gasteiger partial charge in [0.05, 0.1) is 15.5 Å². The molecule has 0 atom stereocenters. The SMILES string of the molecule is Cc1ccc(S(=O)(=O)N2CCC(Nc3ncc(C(N)=O)cc3Cl)CC2)cc1. The molecule has 1 amide bonds. The number of aryl methyl sites for hydroxylation is 1. The first kappa shape index (κ1) is 19.6. The maximum absolute atomic E-state index is 12.7. The molecule has 3 rings (SSSR count). The van der Waals surface area contributed by atoms with Crippen LogP contribution in [0.2, 0.25) is 5.02 Å². The first-order chi connectivity index (χ1) is 12.8. The number of hydrogen-bond acceptors (Lipinski definition) is 5. The monoisotopic (exact) mass is 408 g/mol. The maximum atomic E-state index is 12.7. The molecule has 7 nitrogen and oxygen atoms in total. The van der Waals surface area contributed by atoms with Gasteiger partial charge in [-0.25, -0.2) is 13.4 Å². The van der Waals surface area contributed by atoms with Crippen LogP contribution < -0.4 is 11.1 Å². The van der Waals surface area contributed by atoms with Gasteiger partial charge in [-0.05, 0) is 38.0 Å². The van der Waals surface area contributed by atoms with Crippen molar-refractivity contribution in [2.24, 2.45) is 5.73 Å². The van der Waals surface area contributed by atoms with Gasteiger partial charge in [-0.2, -0.15) is 4.31 Å². The van der Waals surface area contributed by atoms with Gasteiger partial charge in [0.25, 0.3) is 0 Å². The summed E-state index contributed by atoms with van der Waals surface area (Å²) in [5, 5.41) is 3.52. The predicted octanol–water partition coefficient (Wildman–Crippen LogP) is 2.41. The molecule has 2 aromatic rings. The van der Waals surface area contributed by atoms with Crippen molar-refractivity contribution in [2.75, 3.05) is 18.4 Å². The van der Waals surface area contributed by atoms with Crippen LogP contribution in [0.25, 0.3) is 0 Å². The van der Waals surface area contributed by atoms with E-state index in [1.54, 1.807) is 24.3 Å². The van der Waals surface area contributed by atoms with Crippen molar-refractivity contribution in [1.29, 1.82) is 0 Å². The molecule has 2 heterocycles.